The first kappa shape index (κ1) is 19.6. The van der Waals surface area contributed by atoms with Gasteiger partial charge in [-0.3, -0.25) is 9.59 Å². The second-order valence-electron chi connectivity index (χ2n) is 6.11. The van der Waals surface area contributed by atoms with Crippen LogP contribution in [0.25, 0.3) is 0 Å². The van der Waals surface area contributed by atoms with Crippen molar-refractivity contribution >= 4 is 34.8 Å². The third-order valence-corrected chi connectivity index (χ3v) is 4.11. The first-order chi connectivity index (χ1) is 12.3. The van der Waals surface area contributed by atoms with Crippen molar-refractivity contribution in [3.63, 3.8) is 0 Å². The van der Waals surface area contributed by atoms with Gasteiger partial charge in [0, 0.05) is 16.8 Å². The highest BCUT2D eigenvalue weighted by Gasteiger charge is 2.36. The first-order valence-corrected chi connectivity index (χ1v) is 8.26. The predicted octanol–water partition coefficient (Wildman–Crippen LogP) is 3.96. The summed E-state index contributed by atoms with van der Waals surface area (Å²) in [7, 11) is 3.03. The van der Waals surface area contributed by atoms with Gasteiger partial charge in [0.15, 0.2) is 0 Å². The number of benzene rings is 2. The van der Waals surface area contributed by atoms with E-state index >= 15 is 0 Å². The predicted molar refractivity (Wildman–Crippen MR) is 102 cm³/mol. The minimum absolute atomic E-state index is 0.434. The first-order valence-electron chi connectivity index (χ1n) is 7.88. The third-order valence-electron chi connectivity index (χ3n) is 3.87. The fraction of sp³-hybridized carbons (Fsp3) is 0.263. The van der Waals surface area contributed by atoms with Crippen molar-refractivity contribution in [2.75, 3.05) is 24.9 Å². The molecule has 0 aliphatic carbocycles. The van der Waals surface area contributed by atoms with Gasteiger partial charge in [-0.1, -0.05) is 17.7 Å². The lowest BCUT2D eigenvalue weighted by atomic mass is 9.90. The van der Waals surface area contributed by atoms with E-state index in [1.165, 1.54) is 28.1 Å². The molecule has 138 valence electrons. The van der Waals surface area contributed by atoms with Crippen LogP contribution in [0.5, 0.6) is 11.5 Å². The lowest BCUT2D eigenvalue weighted by Gasteiger charge is -2.23. The fourth-order valence-corrected chi connectivity index (χ4v) is 2.33. The molecular weight excluding hydrogens is 356 g/mol. The Balaban J connectivity index is 2.15. The van der Waals surface area contributed by atoms with Crippen LogP contribution in [-0.4, -0.2) is 26.0 Å². The van der Waals surface area contributed by atoms with Gasteiger partial charge >= 0.3 is 0 Å². The summed E-state index contributed by atoms with van der Waals surface area (Å²) in [6.07, 6.45) is 0. The van der Waals surface area contributed by atoms with Gasteiger partial charge < -0.3 is 20.1 Å². The molecule has 0 radical (unpaired) electrons. The van der Waals surface area contributed by atoms with E-state index in [0.29, 0.717) is 27.9 Å². The number of carbonyl (C=O) groups excluding carboxylic acids is 2. The van der Waals surface area contributed by atoms with Gasteiger partial charge in [0.25, 0.3) is 0 Å². The molecule has 0 fully saturated rings. The second kappa shape index (κ2) is 8.10. The van der Waals surface area contributed by atoms with E-state index in [2.05, 4.69) is 10.6 Å². The molecule has 0 atom stereocenters. The summed E-state index contributed by atoms with van der Waals surface area (Å²) in [5.74, 6) is 0.104. The van der Waals surface area contributed by atoms with Gasteiger partial charge in [0.05, 0.1) is 19.9 Å². The number of ether oxygens (including phenoxy) is 2. The molecule has 0 aliphatic rings. The van der Waals surface area contributed by atoms with Gasteiger partial charge in [0.2, 0.25) is 11.8 Å². The summed E-state index contributed by atoms with van der Waals surface area (Å²) >= 11 is 5.92. The van der Waals surface area contributed by atoms with Gasteiger partial charge in [-0.2, -0.15) is 0 Å². The van der Waals surface area contributed by atoms with Crippen molar-refractivity contribution in [3.8, 4) is 11.5 Å². The van der Waals surface area contributed by atoms with Crippen LogP contribution < -0.4 is 20.1 Å². The smallest absolute Gasteiger partial charge is 0.239 e. The van der Waals surface area contributed by atoms with Gasteiger partial charge in [-0.25, -0.2) is 0 Å². The van der Waals surface area contributed by atoms with Crippen molar-refractivity contribution in [2.24, 2.45) is 5.41 Å². The van der Waals surface area contributed by atoms with E-state index < -0.39 is 17.2 Å². The Morgan fingerprint density at radius 1 is 0.962 bits per heavy atom. The number of amides is 2. The average Bonchev–Trinajstić information content (AvgIpc) is 2.61. The average molecular weight is 377 g/mol. The molecule has 26 heavy (non-hydrogen) atoms. The Morgan fingerprint density at radius 2 is 1.65 bits per heavy atom. The minimum atomic E-state index is -1.33. The Labute approximate surface area is 157 Å². The number of carbonyl (C=O) groups is 2. The molecule has 0 saturated carbocycles. The van der Waals surface area contributed by atoms with Crippen molar-refractivity contribution < 1.29 is 19.1 Å². The summed E-state index contributed by atoms with van der Waals surface area (Å²) in [5.41, 5.74) is -0.361. The van der Waals surface area contributed by atoms with Crippen molar-refractivity contribution in [2.45, 2.75) is 13.8 Å². The summed E-state index contributed by atoms with van der Waals surface area (Å²) in [5, 5.41) is 5.92. The quantitative estimate of drug-likeness (QED) is 0.748. The summed E-state index contributed by atoms with van der Waals surface area (Å²) in [4.78, 5) is 25.2. The van der Waals surface area contributed by atoms with E-state index in [0.717, 1.165) is 0 Å². The van der Waals surface area contributed by atoms with E-state index in [1.807, 2.05) is 0 Å². The van der Waals surface area contributed by atoms with Crippen molar-refractivity contribution in [3.05, 3.63) is 47.5 Å². The minimum Gasteiger partial charge on any atom is -0.497 e. The number of hydrogen-bond acceptors (Lipinski definition) is 4. The molecule has 0 heterocycles. The lowest BCUT2D eigenvalue weighted by Crippen LogP contribution is -2.41. The Bertz CT molecular complexity index is 821. The molecule has 0 saturated heterocycles. The number of rotatable bonds is 6. The SMILES string of the molecule is COc1ccc(NC(=O)C(C)(C)C(=O)Nc2cccc(Cl)c2)c(OC)c1. The van der Waals surface area contributed by atoms with Crippen LogP contribution in [0.4, 0.5) is 11.4 Å². The highest BCUT2D eigenvalue weighted by atomic mass is 35.5. The largest absolute Gasteiger partial charge is 0.497 e. The highest BCUT2D eigenvalue weighted by molar-refractivity contribution is 6.31. The number of halogens is 1. The van der Waals surface area contributed by atoms with Crippen LogP contribution in [0, 0.1) is 5.41 Å². The molecule has 0 aliphatic heterocycles. The van der Waals surface area contributed by atoms with Crippen molar-refractivity contribution in [1.82, 2.24) is 0 Å². The normalized spacial score (nSPS) is 10.8. The number of nitrogens with one attached hydrogen (secondary N) is 2. The molecule has 2 amide bonds. The maximum absolute atomic E-state index is 12.7. The molecule has 0 unspecified atom stereocenters. The lowest BCUT2D eigenvalue weighted by molar-refractivity contribution is -0.135. The molecule has 0 aromatic heterocycles. The molecule has 2 aromatic rings. The van der Waals surface area contributed by atoms with E-state index in [1.54, 1.807) is 42.5 Å². The number of hydrogen-bond donors (Lipinski definition) is 2. The Morgan fingerprint density at radius 3 is 2.27 bits per heavy atom. The monoisotopic (exact) mass is 376 g/mol. The van der Waals surface area contributed by atoms with Crippen LogP contribution >= 0.6 is 11.6 Å². The molecule has 0 spiro atoms. The van der Waals surface area contributed by atoms with Crippen LogP contribution in [-0.2, 0) is 9.59 Å². The highest BCUT2D eigenvalue weighted by Crippen LogP contribution is 2.31. The molecule has 6 nitrogen and oxygen atoms in total. The Hall–Kier alpha value is -2.73. The van der Waals surface area contributed by atoms with Gasteiger partial charge in [0.1, 0.15) is 16.9 Å². The van der Waals surface area contributed by atoms with Gasteiger partial charge in [-0.15, -0.1) is 0 Å². The van der Waals surface area contributed by atoms with Gasteiger partial charge in [-0.05, 0) is 44.2 Å². The Kier molecular flexibility index (Phi) is 6.10. The van der Waals surface area contributed by atoms with E-state index in [-0.39, 0.29) is 0 Å². The zero-order chi connectivity index (χ0) is 19.3. The molecule has 2 rings (SSSR count). The van der Waals surface area contributed by atoms with E-state index in [9.17, 15) is 9.59 Å². The van der Waals surface area contributed by atoms with Crippen LogP contribution in [0.1, 0.15) is 13.8 Å². The maximum Gasteiger partial charge on any atom is 0.239 e. The van der Waals surface area contributed by atoms with E-state index in [4.69, 9.17) is 21.1 Å². The van der Waals surface area contributed by atoms with Crippen LogP contribution in [0.2, 0.25) is 5.02 Å². The third kappa shape index (κ3) is 4.46. The zero-order valence-corrected chi connectivity index (χ0v) is 15.8. The molecule has 7 heteroatoms. The van der Waals surface area contributed by atoms with Crippen molar-refractivity contribution in [1.29, 1.82) is 0 Å². The molecular formula is C19H21ClN2O4. The maximum atomic E-state index is 12.7. The summed E-state index contributed by atoms with van der Waals surface area (Å²) < 4.78 is 10.4. The standard InChI is InChI=1S/C19H21ClN2O4/c1-19(2,17(23)21-13-7-5-6-12(20)10-13)18(24)22-15-9-8-14(25-3)11-16(15)26-4/h5-11H,1-4H3,(H,21,23)(H,22,24). The summed E-state index contributed by atoms with van der Waals surface area (Å²) in [6, 6.07) is 11.7. The number of anilines is 2. The summed E-state index contributed by atoms with van der Waals surface area (Å²) in [6.45, 7) is 3.08. The fourth-order valence-electron chi connectivity index (χ4n) is 2.14. The topological polar surface area (TPSA) is 76.7 Å². The molecule has 0 bridgehead atoms. The van der Waals surface area contributed by atoms with Crippen LogP contribution in [0.3, 0.4) is 0 Å². The molecule has 2 aromatic carbocycles. The zero-order valence-electron chi connectivity index (χ0n) is 15.1. The number of methoxy groups -OCH3 is 2. The second-order valence-corrected chi connectivity index (χ2v) is 6.55. The van der Waals surface area contributed by atoms with Crippen LogP contribution in [0.15, 0.2) is 42.5 Å². The molecule has 2 N–H and O–H groups in total.